The zero-order chi connectivity index (χ0) is 42.8. The summed E-state index contributed by atoms with van der Waals surface area (Å²) < 4.78 is 23.1. The van der Waals surface area contributed by atoms with E-state index in [2.05, 4.69) is 55.6 Å². The molecular weight excluding hydrogens is 744 g/mol. The van der Waals surface area contributed by atoms with Gasteiger partial charge in [0.2, 0.25) is 5.91 Å². The summed E-state index contributed by atoms with van der Waals surface area (Å²) in [5.41, 5.74) is 0. The van der Waals surface area contributed by atoms with E-state index < -0.39 is 26.6 Å². The average molecular weight is 837 g/mol. The zero-order valence-corrected chi connectivity index (χ0v) is 39.4. The number of phosphoric acid groups is 1. The Hall–Kier alpha value is -1.54. The highest BCUT2D eigenvalue weighted by molar-refractivity contribution is 7.45. The summed E-state index contributed by atoms with van der Waals surface area (Å²) in [7, 11) is 1.23. The molecule has 0 radical (unpaired) electrons. The quantitative estimate of drug-likeness (QED) is 0.0274. The van der Waals surface area contributed by atoms with Crippen LogP contribution in [0.3, 0.4) is 0 Å². The highest BCUT2D eigenvalue weighted by Gasteiger charge is 2.23. The fourth-order valence-corrected chi connectivity index (χ4v) is 7.38. The normalized spacial score (nSPS) is 14.7. The van der Waals surface area contributed by atoms with Gasteiger partial charge in [-0.1, -0.05) is 184 Å². The largest absolute Gasteiger partial charge is 0.756 e. The maximum absolute atomic E-state index is 12.9. The molecule has 1 amide bonds. The number of carbonyl (C=O) groups is 1. The van der Waals surface area contributed by atoms with Crippen LogP contribution in [0.15, 0.2) is 48.6 Å². The summed E-state index contributed by atoms with van der Waals surface area (Å²) in [6, 6.07) is -0.909. The number of hydrogen-bond acceptors (Lipinski definition) is 6. The van der Waals surface area contributed by atoms with Gasteiger partial charge in [0.05, 0.1) is 39.9 Å². The van der Waals surface area contributed by atoms with E-state index in [0.29, 0.717) is 17.4 Å². The summed E-state index contributed by atoms with van der Waals surface area (Å²) in [4.78, 5) is 25.3. The minimum atomic E-state index is -4.60. The molecule has 0 saturated carbocycles. The number of quaternary nitrogens is 1. The highest BCUT2D eigenvalue weighted by Crippen LogP contribution is 2.38. The molecule has 0 rings (SSSR count). The number of unbranched alkanes of at least 4 members (excludes halogenated alkanes) is 24. The lowest BCUT2D eigenvalue weighted by atomic mass is 10.0. The second-order valence-corrected chi connectivity index (χ2v) is 18.8. The van der Waals surface area contributed by atoms with Crippen LogP contribution in [0.4, 0.5) is 0 Å². The number of hydrogen-bond donors (Lipinski definition) is 2. The fourth-order valence-electron chi connectivity index (χ4n) is 6.66. The summed E-state index contributed by atoms with van der Waals surface area (Å²) in [6.07, 6.45) is 51.8. The van der Waals surface area contributed by atoms with Crippen LogP contribution in [-0.4, -0.2) is 68.5 Å². The lowest BCUT2D eigenvalue weighted by Gasteiger charge is -2.29. The van der Waals surface area contributed by atoms with E-state index in [1.165, 1.54) is 135 Å². The van der Waals surface area contributed by atoms with Gasteiger partial charge in [-0.05, 0) is 64.2 Å². The van der Waals surface area contributed by atoms with Crippen molar-refractivity contribution in [2.45, 2.75) is 219 Å². The van der Waals surface area contributed by atoms with Crippen LogP contribution in [0, 0.1) is 0 Å². The van der Waals surface area contributed by atoms with Crippen LogP contribution in [0.2, 0.25) is 0 Å². The third-order valence-electron chi connectivity index (χ3n) is 10.5. The molecule has 0 aliphatic rings. The minimum Gasteiger partial charge on any atom is -0.756 e. The maximum Gasteiger partial charge on any atom is 0.268 e. The van der Waals surface area contributed by atoms with Gasteiger partial charge in [0, 0.05) is 6.42 Å². The average Bonchev–Trinajstić information content (AvgIpc) is 3.17. The molecule has 0 bridgehead atoms. The minimum absolute atomic E-state index is 0.0104. The third kappa shape index (κ3) is 42.6. The number of nitrogens with one attached hydrogen (secondary N) is 1. The number of aliphatic hydroxyl groups excluding tert-OH is 1. The van der Waals surface area contributed by atoms with Crippen LogP contribution in [0.25, 0.3) is 0 Å². The second-order valence-electron chi connectivity index (χ2n) is 17.4. The number of likely N-dealkylation sites (N-methyl/N-ethyl adjacent to an activating group) is 1. The molecule has 0 aromatic heterocycles. The van der Waals surface area contributed by atoms with E-state index in [1.54, 1.807) is 6.08 Å². The molecule has 0 aromatic rings. The van der Waals surface area contributed by atoms with Gasteiger partial charge in [0.15, 0.2) is 0 Å². The molecule has 0 aliphatic carbocycles. The van der Waals surface area contributed by atoms with Crippen molar-refractivity contribution in [2.24, 2.45) is 0 Å². The number of phosphoric ester groups is 1. The Bertz CT molecular complexity index is 1090. The second kappa shape index (κ2) is 40.8. The first kappa shape index (κ1) is 56.5. The Labute approximate surface area is 359 Å². The lowest BCUT2D eigenvalue weighted by Crippen LogP contribution is -2.45. The van der Waals surface area contributed by atoms with Crippen LogP contribution >= 0.6 is 7.82 Å². The molecule has 0 aromatic carbocycles. The number of rotatable bonds is 43. The van der Waals surface area contributed by atoms with E-state index in [-0.39, 0.29) is 12.5 Å². The summed E-state index contributed by atoms with van der Waals surface area (Å²) in [6.45, 7) is 4.54. The Kier molecular flexibility index (Phi) is 39.8. The lowest BCUT2D eigenvalue weighted by molar-refractivity contribution is -0.870. The standard InChI is InChI=1S/C49H93N2O6P/c1-6-8-10-12-14-16-18-19-20-21-22-23-24-25-26-27-28-29-30-31-33-35-37-39-41-43-49(53)50-47(46-57-58(54,55)56-45-44-51(3,4)5)48(52)42-40-38-36-34-32-17-15-13-11-9-7-2/h11,13,25-26,32,34,40,42,47-48,52H,6-10,12,14-24,27-31,33,35-39,41,43-46H2,1-5H3,(H-,50,53,54,55)/b13-11+,26-25-,34-32+,42-40+. The van der Waals surface area contributed by atoms with Gasteiger partial charge in [0.1, 0.15) is 13.2 Å². The van der Waals surface area contributed by atoms with Gasteiger partial charge in [-0.25, -0.2) is 0 Å². The molecule has 2 N–H and O–H groups in total. The molecule has 58 heavy (non-hydrogen) atoms. The molecule has 3 unspecified atom stereocenters. The molecule has 8 nitrogen and oxygen atoms in total. The molecule has 0 spiro atoms. The van der Waals surface area contributed by atoms with E-state index in [4.69, 9.17) is 9.05 Å². The first-order valence-electron chi connectivity index (χ1n) is 24.0. The summed E-state index contributed by atoms with van der Waals surface area (Å²) >= 11 is 0. The highest BCUT2D eigenvalue weighted by atomic mass is 31.2. The predicted molar refractivity (Wildman–Crippen MR) is 247 cm³/mol. The van der Waals surface area contributed by atoms with Crippen molar-refractivity contribution < 1.29 is 32.9 Å². The van der Waals surface area contributed by atoms with Crippen LogP contribution in [-0.2, 0) is 18.4 Å². The SMILES string of the molecule is CCC/C=C/CC/C=C/CC/C=C/C(O)C(COP(=O)([O-])OCC[N+](C)(C)C)NC(=O)CCCCCCCCCCC/C=C\CCCCCCCCCCCCCC. The molecule has 3 atom stereocenters. The van der Waals surface area contributed by atoms with Gasteiger partial charge in [-0.15, -0.1) is 0 Å². The Morgan fingerprint density at radius 3 is 1.47 bits per heavy atom. The van der Waals surface area contributed by atoms with Crippen molar-refractivity contribution >= 4 is 13.7 Å². The van der Waals surface area contributed by atoms with Crippen molar-refractivity contribution in [3.8, 4) is 0 Å². The third-order valence-corrected chi connectivity index (χ3v) is 11.4. The summed E-state index contributed by atoms with van der Waals surface area (Å²) in [5, 5.41) is 13.7. The molecule has 0 aliphatic heterocycles. The molecule has 0 saturated heterocycles. The first-order chi connectivity index (χ1) is 28.0. The summed E-state index contributed by atoms with van der Waals surface area (Å²) in [5.74, 6) is -0.216. The maximum atomic E-state index is 12.9. The van der Waals surface area contributed by atoms with E-state index in [0.717, 1.165) is 51.4 Å². The molecular formula is C49H93N2O6P. The van der Waals surface area contributed by atoms with Gasteiger partial charge >= 0.3 is 0 Å². The van der Waals surface area contributed by atoms with Crippen molar-refractivity contribution in [3.63, 3.8) is 0 Å². The monoisotopic (exact) mass is 837 g/mol. The van der Waals surface area contributed by atoms with E-state index >= 15 is 0 Å². The zero-order valence-electron chi connectivity index (χ0n) is 38.5. The van der Waals surface area contributed by atoms with Gasteiger partial charge in [0.25, 0.3) is 7.82 Å². The smallest absolute Gasteiger partial charge is 0.268 e. The topological polar surface area (TPSA) is 108 Å². The number of allylic oxidation sites excluding steroid dienone is 7. The van der Waals surface area contributed by atoms with Gasteiger partial charge in [-0.3, -0.25) is 9.36 Å². The van der Waals surface area contributed by atoms with Gasteiger partial charge < -0.3 is 28.8 Å². The number of aliphatic hydroxyl groups is 1. The number of carbonyl (C=O) groups excluding carboxylic acids is 1. The number of nitrogens with zero attached hydrogens (tertiary/aromatic N) is 1. The number of amides is 1. The van der Waals surface area contributed by atoms with Crippen molar-refractivity contribution in [3.05, 3.63) is 48.6 Å². The Balaban J connectivity index is 4.22. The predicted octanol–water partition coefficient (Wildman–Crippen LogP) is 13.0. The molecule has 340 valence electrons. The molecule has 0 fully saturated rings. The van der Waals surface area contributed by atoms with Gasteiger partial charge in [-0.2, -0.15) is 0 Å². The van der Waals surface area contributed by atoms with Crippen LogP contribution in [0.5, 0.6) is 0 Å². The molecule has 0 heterocycles. The van der Waals surface area contributed by atoms with Crippen molar-refractivity contribution in [1.82, 2.24) is 5.32 Å². The molecule has 9 heteroatoms. The van der Waals surface area contributed by atoms with E-state index in [9.17, 15) is 19.4 Å². The van der Waals surface area contributed by atoms with Crippen LogP contribution < -0.4 is 10.2 Å². The van der Waals surface area contributed by atoms with Crippen LogP contribution in [0.1, 0.15) is 206 Å². The Morgan fingerprint density at radius 2 is 1.00 bits per heavy atom. The van der Waals surface area contributed by atoms with Crippen molar-refractivity contribution in [1.29, 1.82) is 0 Å². The van der Waals surface area contributed by atoms with Crippen molar-refractivity contribution in [2.75, 3.05) is 40.9 Å². The fraction of sp³-hybridized carbons (Fsp3) is 0.816. The van der Waals surface area contributed by atoms with E-state index in [1.807, 2.05) is 27.2 Å². The Morgan fingerprint density at radius 1 is 0.586 bits per heavy atom. The first-order valence-corrected chi connectivity index (χ1v) is 25.5.